The Hall–Kier alpha value is -0.650. The average molecular weight is 309 g/mol. The highest BCUT2D eigenvalue weighted by molar-refractivity contribution is 5.95. The van der Waals surface area contributed by atoms with Gasteiger partial charge in [0.2, 0.25) is 0 Å². The van der Waals surface area contributed by atoms with Crippen LogP contribution in [0, 0.1) is 5.92 Å². The number of carbonyl (C=O) groups is 1. The zero-order valence-electron chi connectivity index (χ0n) is 11.2. The van der Waals surface area contributed by atoms with E-state index in [9.17, 15) is 4.79 Å². The molecule has 0 spiro atoms. The fraction of sp³-hybridized carbons (Fsp3) is 0.750. The van der Waals surface area contributed by atoms with Crippen molar-refractivity contribution >= 4 is 30.7 Å². The average Bonchev–Trinajstić information content (AvgIpc) is 2.81. The first-order valence-corrected chi connectivity index (χ1v) is 6.41. The standard InChI is InChI=1S/C12H20N4O.2ClH/c1-14-7-11-12(17)15(9-16(11)8-14)6-10-2-4-13-5-3-10;;/h7,10,13H,2-6,8-9H2,1H3;2*1H. The van der Waals surface area contributed by atoms with Gasteiger partial charge in [-0.05, 0) is 31.8 Å². The Morgan fingerprint density at radius 1 is 1.26 bits per heavy atom. The van der Waals surface area contributed by atoms with Gasteiger partial charge in [-0.25, -0.2) is 0 Å². The first-order chi connectivity index (χ1) is 8.24. The van der Waals surface area contributed by atoms with Gasteiger partial charge in [0.25, 0.3) is 5.91 Å². The van der Waals surface area contributed by atoms with Crippen LogP contribution in [0.3, 0.4) is 0 Å². The predicted molar refractivity (Wildman–Crippen MR) is 79.2 cm³/mol. The number of nitrogens with one attached hydrogen (secondary N) is 1. The van der Waals surface area contributed by atoms with Crippen LogP contribution in [0.2, 0.25) is 0 Å². The van der Waals surface area contributed by atoms with Crippen molar-refractivity contribution in [2.45, 2.75) is 12.8 Å². The van der Waals surface area contributed by atoms with Crippen molar-refractivity contribution in [1.82, 2.24) is 20.0 Å². The van der Waals surface area contributed by atoms with Crippen LogP contribution in [0.25, 0.3) is 0 Å². The van der Waals surface area contributed by atoms with E-state index >= 15 is 0 Å². The molecular weight excluding hydrogens is 287 g/mol. The van der Waals surface area contributed by atoms with Crippen LogP contribution in [0.4, 0.5) is 0 Å². The van der Waals surface area contributed by atoms with E-state index in [4.69, 9.17) is 0 Å². The van der Waals surface area contributed by atoms with Gasteiger partial charge in [-0.3, -0.25) is 4.79 Å². The third kappa shape index (κ3) is 3.27. The summed E-state index contributed by atoms with van der Waals surface area (Å²) in [5.74, 6) is 0.895. The third-order valence-electron chi connectivity index (χ3n) is 3.86. The summed E-state index contributed by atoms with van der Waals surface area (Å²) in [5, 5.41) is 3.36. The van der Waals surface area contributed by atoms with Crippen LogP contribution in [0.1, 0.15) is 12.8 Å². The summed E-state index contributed by atoms with van der Waals surface area (Å²) in [4.78, 5) is 18.4. The van der Waals surface area contributed by atoms with Crippen LogP contribution >= 0.6 is 24.8 Å². The van der Waals surface area contributed by atoms with Gasteiger partial charge in [0.1, 0.15) is 5.70 Å². The highest BCUT2D eigenvalue weighted by atomic mass is 35.5. The van der Waals surface area contributed by atoms with Gasteiger partial charge in [0.05, 0.1) is 13.3 Å². The van der Waals surface area contributed by atoms with Gasteiger partial charge in [0, 0.05) is 19.8 Å². The van der Waals surface area contributed by atoms with E-state index in [2.05, 4.69) is 15.1 Å². The highest BCUT2D eigenvalue weighted by Crippen LogP contribution is 2.25. The van der Waals surface area contributed by atoms with Gasteiger partial charge in [0.15, 0.2) is 0 Å². The second-order valence-corrected chi connectivity index (χ2v) is 5.31. The molecule has 0 atom stereocenters. The predicted octanol–water partition coefficient (Wildman–Crippen LogP) is 0.676. The summed E-state index contributed by atoms with van der Waals surface area (Å²) in [7, 11) is 2.01. The van der Waals surface area contributed by atoms with Crippen LogP contribution in [0.15, 0.2) is 11.9 Å². The fourth-order valence-corrected chi connectivity index (χ4v) is 2.94. The van der Waals surface area contributed by atoms with Gasteiger partial charge >= 0.3 is 0 Å². The number of amides is 1. The normalized spacial score (nSPS) is 22.9. The van der Waals surface area contributed by atoms with E-state index in [-0.39, 0.29) is 30.7 Å². The summed E-state index contributed by atoms with van der Waals surface area (Å²) in [6, 6.07) is 0. The van der Waals surface area contributed by atoms with Crippen molar-refractivity contribution in [1.29, 1.82) is 0 Å². The molecule has 2 fully saturated rings. The SMILES string of the molecule is CN1C=C2C(=O)N(CC3CCNCC3)CN2C1.Cl.Cl. The molecule has 1 amide bonds. The number of piperidine rings is 1. The molecule has 0 aromatic carbocycles. The van der Waals surface area contributed by atoms with E-state index in [1.54, 1.807) is 0 Å². The lowest BCUT2D eigenvalue weighted by molar-refractivity contribution is -0.125. The molecule has 0 unspecified atom stereocenters. The number of nitrogens with zero attached hydrogens (tertiary/aromatic N) is 3. The van der Waals surface area contributed by atoms with Crippen molar-refractivity contribution in [3.05, 3.63) is 11.9 Å². The van der Waals surface area contributed by atoms with E-state index in [0.717, 1.165) is 38.7 Å². The van der Waals surface area contributed by atoms with Crippen LogP contribution in [-0.4, -0.2) is 60.6 Å². The van der Waals surface area contributed by atoms with E-state index in [1.807, 2.05) is 18.1 Å². The topological polar surface area (TPSA) is 38.8 Å². The van der Waals surface area contributed by atoms with Crippen molar-refractivity contribution in [3.63, 3.8) is 0 Å². The fourth-order valence-electron chi connectivity index (χ4n) is 2.94. The molecule has 3 aliphatic heterocycles. The van der Waals surface area contributed by atoms with Crippen molar-refractivity contribution in [3.8, 4) is 0 Å². The Kier molecular flexibility index (Phi) is 5.77. The molecular formula is C12H22Cl2N4O. The number of hydrogen-bond acceptors (Lipinski definition) is 4. The quantitative estimate of drug-likeness (QED) is 0.814. The molecule has 110 valence electrons. The highest BCUT2D eigenvalue weighted by Gasteiger charge is 2.37. The number of hydrogen-bond donors (Lipinski definition) is 1. The molecule has 0 aliphatic carbocycles. The molecule has 7 heteroatoms. The van der Waals surface area contributed by atoms with Crippen molar-refractivity contribution in [2.24, 2.45) is 5.92 Å². The maximum atomic E-state index is 12.2. The van der Waals surface area contributed by atoms with Crippen molar-refractivity contribution in [2.75, 3.05) is 40.0 Å². The second kappa shape index (κ2) is 6.68. The number of fused-ring (bicyclic) bond motifs is 1. The van der Waals surface area contributed by atoms with Gasteiger partial charge in [-0.2, -0.15) is 0 Å². The Labute approximate surface area is 126 Å². The molecule has 3 heterocycles. The molecule has 1 N–H and O–H groups in total. The Bertz CT molecular complexity index is 358. The molecule has 3 aliphatic rings. The van der Waals surface area contributed by atoms with Crippen LogP contribution in [0.5, 0.6) is 0 Å². The number of halogens is 2. The Balaban J connectivity index is 0.000000902. The molecule has 0 aromatic heterocycles. The second-order valence-electron chi connectivity index (χ2n) is 5.31. The van der Waals surface area contributed by atoms with Crippen LogP contribution in [-0.2, 0) is 4.79 Å². The molecule has 2 saturated heterocycles. The molecule has 0 radical (unpaired) electrons. The maximum absolute atomic E-state index is 12.2. The number of rotatable bonds is 2. The summed E-state index contributed by atoms with van der Waals surface area (Å²) >= 11 is 0. The van der Waals surface area contributed by atoms with Gasteiger partial charge < -0.3 is 20.0 Å². The maximum Gasteiger partial charge on any atom is 0.273 e. The minimum atomic E-state index is 0. The Morgan fingerprint density at radius 3 is 2.58 bits per heavy atom. The lowest BCUT2D eigenvalue weighted by Crippen LogP contribution is -2.38. The molecule has 3 rings (SSSR count). The lowest BCUT2D eigenvalue weighted by atomic mass is 9.98. The van der Waals surface area contributed by atoms with Crippen LogP contribution < -0.4 is 5.32 Å². The van der Waals surface area contributed by atoms with Gasteiger partial charge in [-0.15, -0.1) is 24.8 Å². The van der Waals surface area contributed by atoms with E-state index < -0.39 is 0 Å². The minimum absolute atomic E-state index is 0. The first kappa shape index (κ1) is 16.4. The molecule has 19 heavy (non-hydrogen) atoms. The summed E-state index contributed by atoms with van der Waals surface area (Å²) < 4.78 is 0. The molecule has 5 nitrogen and oxygen atoms in total. The largest absolute Gasteiger partial charge is 0.361 e. The smallest absolute Gasteiger partial charge is 0.273 e. The zero-order valence-corrected chi connectivity index (χ0v) is 12.8. The minimum Gasteiger partial charge on any atom is -0.361 e. The van der Waals surface area contributed by atoms with Gasteiger partial charge in [-0.1, -0.05) is 0 Å². The molecule has 0 bridgehead atoms. The first-order valence-electron chi connectivity index (χ1n) is 6.41. The third-order valence-corrected chi connectivity index (χ3v) is 3.86. The monoisotopic (exact) mass is 308 g/mol. The zero-order chi connectivity index (χ0) is 11.8. The van der Waals surface area contributed by atoms with E-state index in [0.29, 0.717) is 5.92 Å². The summed E-state index contributed by atoms with van der Waals surface area (Å²) in [6.45, 7) is 4.75. The summed E-state index contributed by atoms with van der Waals surface area (Å²) in [5.41, 5.74) is 0.876. The van der Waals surface area contributed by atoms with E-state index in [1.165, 1.54) is 12.8 Å². The molecule has 0 aromatic rings. The summed E-state index contributed by atoms with van der Waals surface area (Å²) in [6.07, 6.45) is 4.36. The lowest BCUT2D eigenvalue weighted by Gasteiger charge is -2.27. The number of carbonyl (C=O) groups excluding carboxylic acids is 1. The molecule has 0 saturated carbocycles. The van der Waals surface area contributed by atoms with Crippen molar-refractivity contribution < 1.29 is 4.79 Å². The Morgan fingerprint density at radius 2 is 1.95 bits per heavy atom.